The number of likely N-dealkylation sites (N-methyl/N-ethyl adjacent to an activating group) is 1. The summed E-state index contributed by atoms with van der Waals surface area (Å²) in [5.74, 6) is -0.177. The van der Waals surface area contributed by atoms with Gasteiger partial charge >= 0.3 is 5.69 Å². The zero-order valence-corrected chi connectivity index (χ0v) is 17.3. The summed E-state index contributed by atoms with van der Waals surface area (Å²) in [5.41, 5.74) is 1.71. The molecule has 4 rings (SSSR count). The molecule has 0 N–H and O–H groups in total. The van der Waals surface area contributed by atoms with Crippen molar-refractivity contribution in [2.45, 2.75) is 31.8 Å². The predicted octanol–water partition coefficient (Wildman–Crippen LogP) is 1.62. The van der Waals surface area contributed by atoms with Gasteiger partial charge in [-0.3, -0.25) is 23.3 Å². The third-order valence-corrected chi connectivity index (χ3v) is 6.08. The van der Waals surface area contributed by atoms with Crippen LogP contribution in [0.5, 0.6) is 0 Å². The van der Waals surface area contributed by atoms with Crippen molar-refractivity contribution < 1.29 is 4.79 Å². The van der Waals surface area contributed by atoms with E-state index in [9.17, 15) is 14.4 Å². The van der Waals surface area contributed by atoms with Crippen LogP contribution in [0.2, 0.25) is 5.28 Å². The van der Waals surface area contributed by atoms with Gasteiger partial charge in [0.2, 0.25) is 11.2 Å². The van der Waals surface area contributed by atoms with E-state index in [1.165, 1.54) is 28.8 Å². The number of carbonyl (C=O) groups excluding carboxylic acids is 1. The highest BCUT2D eigenvalue weighted by molar-refractivity contribution is 6.29. The van der Waals surface area contributed by atoms with Crippen LogP contribution < -0.4 is 11.2 Å². The second kappa shape index (κ2) is 7.18. The Kier molecular flexibility index (Phi) is 4.82. The molecule has 0 spiro atoms. The lowest BCUT2D eigenvalue weighted by atomic mass is 9.87. The number of aryl methyl sites for hydroxylation is 2. The lowest BCUT2D eigenvalue weighted by molar-refractivity contribution is -0.133. The Hall–Kier alpha value is -2.87. The van der Waals surface area contributed by atoms with Crippen molar-refractivity contribution in [2.24, 2.45) is 14.1 Å². The molecule has 0 saturated heterocycles. The lowest BCUT2D eigenvalue weighted by Crippen LogP contribution is -2.39. The lowest BCUT2D eigenvalue weighted by Gasteiger charge is -2.33. The van der Waals surface area contributed by atoms with Crippen LogP contribution in [0, 0.1) is 0 Å². The normalized spacial score (nSPS) is 16.1. The Morgan fingerprint density at radius 3 is 2.72 bits per heavy atom. The van der Waals surface area contributed by atoms with Crippen molar-refractivity contribution in [1.82, 2.24) is 23.6 Å². The van der Waals surface area contributed by atoms with Crippen molar-refractivity contribution in [1.29, 1.82) is 0 Å². The smallest absolute Gasteiger partial charge is 0.332 e. The molecule has 0 fully saturated rings. The highest BCUT2D eigenvalue weighted by atomic mass is 35.5. The van der Waals surface area contributed by atoms with E-state index in [1.54, 1.807) is 11.9 Å². The average Bonchev–Trinajstić information content (AvgIpc) is 3.06. The van der Waals surface area contributed by atoms with Crippen LogP contribution >= 0.6 is 11.6 Å². The number of aromatic nitrogens is 4. The average molecular weight is 416 g/mol. The first-order valence-electron chi connectivity index (χ1n) is 9.46. The van der Waals surface area contributed by atoms with E-state index in [-0.39, 0.29) is 34.9 Å². The summed E-state index contributed by atoms with van der Waals surface area (Å²) in [5, 5.41) is 0.00379. The number of nitrogens with zero attached hydrogens (tertiary/aromatic N) is 5. The van der Waals surface area contributed by atoms with Crippen LogP contribution in [0.3, 0.4) is 0 Å². The number of benzene rings is 1. The molecule has 2 aromatic heterocycles. The summed E-state index contributed by atoms with van der Waals surface area (Å²) in [6, 6.07) is 8.15. The Morgan fingerprint density at radius 2 is 1.97 bits per heavy atom. The van der Waals surface area contributed by atoms with Crippen LogP contribution in [-0.4, -0.2) is 36.5 Å². The van der Waals surface area contributed by atoms with Gasteiger partial charge in [-0.05, 0) is 42.0 Å². The molecule has 1 unspecified atom stereocenters. The number of hydrogen-bond donors (Lipinski definition) is 0. The van der Waals surface area contributed by atoms with Crippen LogP contribution in [0.1, 0.15) is 30.0 Å². The molecule has 1 atom stereocenters. The standard InChI is InChI=1S/C20H22ClN5O3/c1-23(14-10-6-8-12-7-4-5-9-13(12)14)15(27)11-26-16-17(22-19(26)21)24(2)20(29)25(3)18(16)28/h4-5,7,9,14H,6,8,10-11H2,1-3H3. The van der Waals surface area contributed by atoms with Crippen molar-refractivity contribution >= 4 is 28.7 Å². The number of imidazole rings is 1. The van der Waals surface area contributed by atoms with E-state index in [1.807, 2.05) is 12.1 Å². The summed E-state index contributed by atoms with van der Waals surface area (Å²) in [6.45, 7) is -0.127. The third kappa shape index (κ3) is 3.07. The Morgan fingerprint density at radius 1 is 1.24 bits per heavy atom. The first-order chi connectivity index (χ1) is 13.8. The molecular weight excluding hydrogens is 394 g/mol. The highest BCUT2D eigenvalue weighted by Crippen LogP contribution is 2.33. The molecule has 1 aromatic carbocycles. The number of fused-ring (bicyclic) bond motifs is 2. The molecule has 1 amide bonds. The molecule has 0 radical (unpaired) electrons. The Labute approximate surface area is 171 Å². The predicted molar refractivity (Wildman–Crippen MR) is 110 cm³/mol. The van der Waals surface area contributed by atoms with Gasteiger partial charge in [0.1, 0.15) is 6.54 Å². The highest BCUT2D eigenvalue weighted by Gasteiger charge is 2.28. The van der Waals surface area contributed by atoms with Gasteiger partial charge < -0.3 is 4.90 Å². The SMILES string of the molecule is CN(C(=O)Cn1c(Cl)nc2c1c(=O)n(C)c(=O)n2C)C1CCCc2ccccc21. The first-order valence-corrected chi connectivity index (χ1v) is 9.84. The van der Waals surface area contributed by atoms with Crippen LogP contribution in [0.4, 0.5) is 0 Å². The zero-order valence-electron chi connectivity index (χ0n) is 16.6. The van der Waals surface area contributed by atoms with Crippen molar-refractivity contribution in [2.75, 3.05) is 7.05 Å². The summed E-state index contributed by atoms with van der Waals surface area (Å²) in [4.78, 5) is 43.8. The molecule has 29 heavy (non-hydrogen) atoms. The maximum absolute atomic E-state index is 13.1. The van der Waals surface area contributed by atoms with Gasteiger partial charge in [-0.15, -0.1) is 0 Å². The first kappa shape index (κ1) is 19.4. The van der Waals surface area contributed by atoms with Gasteiger partial charge in [0.05, 0.1) is 6.04 Å². The monoisotopic (exact) mass is 415 g/mol. The van der Waals surface area contributed by atoms with Gasteiger partial charge in [-0.2, -0.15) is 4.98 Å². The van der Waals surface area contributed by atoms with Crippen LogP contribution in [-0.2, 0) is 31.9 Å². The molecule has 0 aliphatic heterocycles. The summed E-state index contributed by atoms with van der Waals surface area (Å²) in [6.07, 6.45) is 2.90. The van der Waals surface area contributed by atoms with E-state index in [0.29, 0.717) is 0 Å². The van der Waals surface area contributed by atoms with Crippen molar-refractivity contribution in [3.8, 4) is 0 Å². The second-order valence-corrected chi connectivity index (χ2v) is 7.79. The molecule has 1 aliphatic rings. The maximum Gasteiger partial charge on any atom is 0.332 e. The fourth-order valence-electron chi connectivity index (χ4n) is 4.12. The zero-order chi connectivity index (χ0) is 20.9. The third-order valence-electron chi connectivity index (χ3n) is 5.79. The van der Waals surface area contributed by atoms with Gasteiger partial charge in [-0.1, -0.05) is 24.3 Å². The minimum Gasteiger partial charge on any atom is -0.337 e. The number of rotatable bonds is 3. The molecule has 1 aliphatic carbocycles. The minimum absolute atomic E-state index is 0.00379. The van der Waals surface area contributed by atoms with Crippen LogP contribution in [0.15, 0.2) is 33.9 Å². The fraction of sp³-hybridized carbons (Fsp3) is 0.400. The number of carbonyl (C=O) groups is 1. The Bertz CT molecular complexity index is 1240. The summed E-state index contributed by atoms with van der Waals surface area (Å²) >= 11 is 6.25. The number of halogens is 1. The summed E-state index contributed by atoms with van der Waals surface area (Å²) in [7, 11) is 4.68. The van der Waals surface area contributed by atoms with E-state index >= 15 is 0 Å². The van der Waals surface area contributed by atoms with Crippen molar-refractivity contribution in [3.05, 3.63) is 61.5 Å². The maximum atomic E-state index is 13.1. The largest absolute Gasteiger partial charge is 0.337 e. The van der Waals surface area contributed by atoms with Crippen LogP contribution in [0.25, 0.3) is 11.2 Å². The molecular formula is C20H22ClN5O3. The second-order valence-electron chi connectivity index (χ2n) is 7.46. The molecule has 9 heteroatoms. The molecule has 2 heterocycles. The van der Waals surface area contributed by atoms with E-state index in [2.05, 4.69) is 17.1 Å². The molecule has 0 bridgehead atoms. The van der Waals surface area contributed by atoms with Gasteiger partial charge in [-0.25, -0.2) is 4.79 Å². The van der Waals surface area contributed by atoms with Gasteiger partial charge in [0.15, 0.2) is 11.2 Å². The van der Waals surface area contributed by atoms with E-state index in [0.717, 1.165) is 29.4 Å². The Balaban J connectivity index is 1.71. The van der Waals surface area contributed by atoms with Gasteiger partial charge in [0, 0.05) is 21.1 Å². The number of hydrogen-bond acceptors (Lipinski definition) is 4. The van der Waals surface area contributed by atoms with Gasteiger partial charge in [0.25, 0.3) is 5.56 Å². The van der Waals surface area contributed by atoms with Crippen molar-refractivity contribution in [3.63, 3.8) is 0 Å². The molecule has 3 aromatic rings. The summed E-state index contributed by atoms with van der Waals surface area (Å²) < 4.78 is 3.62. The molecule has 0 saturated carbocycles. The quantitative estimate of drug-likeness (QED) is 0.609. The molecule has 8 nitrogen and oxygen atoms in total. The van der Waals surface area contributed by atoms with E-state index < -0.39 is 11.2 Å². The van der Waals surface area contributed by atoms with E-state index in [4.69, 9.17) is 11.6 Å². The minimum atomic E-state index is -0.527. The fourth-order valence-corrected chi connectivity index (χ4v) is 4.34. The number of amides is 1. The molecule has 152 valence electrons. The topological polar surface area (TPSA) is 82.1 Å².